The summed E-state index contributed by atoms with van der Waals surface area (Å²) in [5.41, 5.74) is 2.46. The first kappa shape index (κ1) is 12.8. The summed E-state index contributed by atoms with van der Waals surface area (Å²) in [5, 5.41) is 0. The van der Waals surface area contributed by atoms with Gasteiger partial charge < -0.3 is 4.74 Å². The Hall–Kier alpha value is -1.60. The Morgan fingerprint density at radius 3 is 2.61 bits per heavy atom. The van der Waals surface area contributed by atoms with Crippen molar-refractivity contribution >= 4 is 5.57 Å². The molecule has 1 aliphatic rings. The van der Waals surface area contributed by atoms with E-state index in [0.29, 0.717) is 5.92 Å². The van der Waals surface area contributed by atoms with Gasteiger partial charge in [-0.2, -0.15) is 0 Å². The van der Waals surface area contributed by atoms with Crippen LogP contribution in [0.3, 0.4) is 0 Å². The lowest BCUT2D eigenvalue weighted by molar-refractivity contribution is 0.0923. The molecule has 0 amide bonds. The van der Waals surface area contributed by atoms with Crippen LogP contribution in [0.1, 0.15) is 19.4 Å². The number of ether oxygens (including phenoxy) is 1. The van der Waals surface area contributed by atoms with Gasteiger partial charge in [0.1, 0.15) is 0 Å². The number of rotatable bonds is 4. The Balaban J connectivity index is 2.04. The second-order valence-electron chi connectivity index (χ2n) is 4.92. The topological polar surface area (TPSA) is 9.23 Å². The highest BCUT2D eigenvalue weighted by atomic mass is 16.5. The molecule has 0 radical (unpaired) electrons. The summed E-state index contributed by atoms with van der Waals surface area (Å²) in [5.74, 6) is 0.566. The second-order valence-corrected chi connectivity index (χ2v) is 4.92. The minimum absolute atomic E-state index is 0.0878. The Kier molecular flexibility index (Phi) is 4.54. The van der Waals surface area contributed by atoms with Gasteiger partial charge in [0.05, 0.1) is 12.7 Å². The SMILES string of the molecule is CC(C)COC1C=CC=C(c2ccccc2)C=C1. The molecule has 1 heteroatoms. The van der Waals surface area contributed by atoms with E-state index in [1.54, 1.807) is 0 Å². The predicted octanol–water partition coefficient (Wildman–Crippen LogP) is 4.24. The average Bonchev–Trinajstić information content (AvgIpc) is 2.63. The van der Waals surface area contributed by atoms with Gasteiger partial charge in [0.25, 0.3) is 0 Å². The molecule has 0 saturated heterocycles. The van der Waals surface area contributed by atoms with Crippen LogP contribution in [0.2, 0.25) is 0 Å². The summed E-state index contributed by atoms with van der Waals surface area (Å²) in [6.45, 7) is 5.12. The quantitative estimate of drug-likeness (QED) is 0.765. The van der Waals surface area contributed by atoms with E-state index in [1.807, 2.05) is 6.07 Å². The zero-order valence-electron chi connectivity index (χ0n) is 11.0. The third-order valence-corrected chi connectivity index (χ3v) is 2.77. The standard InChI is InChI=1S/C17H20O/c1-14(2)13-18-17-10-6-9-16(11-12-17)15-7-4-3-5-8-15/h3-12,14,17H,13H2,1-2H3. The molecule has 18 heavy (non-hydrogen) atoms. The van der Waals surface area contributed by atoms with E-state index >= 15 is 0 Å². The van der Waals surface area contributed by atoms with Crippen LogP contribution in [0.25, 0.3) is 5.57 Å². The normalized spacial score (nSPS) is 18.8. The van der Waals surface area contributed by atoms with E-state index in [0.717, 1.165) is 6.61 Å². The Bertz CT molecular complexity index is 452. The Morgan fingerprint density at radius 2 is 1.89 bits per heavy atom. The van der Waals surface area contributed by atoms with Crippen LogP contribution in [0.4, 0.5) is 0 Å². The van der Waals surface area contributed by atoms with E-state index in [2.05, 4.69) is 68.5 Å². The zero-order chi connectivity index (χ0) is 12.8. The number of benzene rings is 1. The monoisotopic (exact) mass is 240 g/mol. The maximum Gasteiger partial charge on any atom is 0.0943 e. The van der Waals surface area contributed by atoms with Gasteiger partial charge in [0.2, 0.25) is 0 Å². The van der Waals surface area contributed by atoms with Crippen molar-refractivity contribution in [2.75, 3.05) is 6.61 Å². The van der Waals surface area contributed by atoms with Gasteiger partial charge >= 0.3 is 0 Å². The molecule has 0 aliphatic heterocycles. The van der Waals surface area contributed by atoms with Crippen molar-refractivity contribution in [3.05, 3.63) is 66.3 Å². The maximum absolute atomic E-state index is 5.80. The molecule has 0 bridgehead atoms. The molecule has 1 atom stereocenters. The van der Waals surface area contributed by atoms with E-state index in [9.17, 15) is 0 Å². The first-order valence-electron chi connectivity index (χ1n) is 6.49. The van der Waals surface area contributed by atoms with Gasteiger partial charge in [-0.15, -0.1) is 0 Å². The fourth-order valence-corrected chi connectivity index (χ4v) is 1.82. The molecular weight excluding hydrogens is 220 g/mol. The van der Waals surface area contributed by atoms with Gasteiger partial charge in [-0.05, 0) is 17.1 Å². The molecule has 2 rings (SSSR count). The van der Waals surface area contributed by atoms with Crippen LogP contribution < -0.4 is 0 Å². The Morgan fingerprint density at radius 1 is 1.11 bits per heavy atom. The summed E-state index contributed by atoms with van der Waals surface area (Å²) >= 11 is 0. The highest BCUT2D eigenvalue weighted by molar-refractivity contribution is 5.75. The lowest BCUT2D eigenvalue weighted by atomic mass is 10.1. The molecule has 0 heterocycles. The number of hydrogen-bond donors (Lipinski definition) is 0. The van der Waals surface area contributed by atoms with Crippen molar-refractivity contribution in [1.29, 1.82) is 0 Å². The van der Waals surface area contributed by atoms with Gasteiger partial charge in [0.15, 0.2) is 0 Å². The summed E-state index contributed by atoms with van der Waals surface area (Å²) < 4.78 is 5.80. The fourth-order valence-electron chi connectivity index (χ4n) is 1.82. The molecule has 1 aliphatic carbocycles. The van der Waals surface area contributed by atoms with Crippen molar-refractivity contribution < 1.29 is 4.74 Å². The molecular formula is C17H20O. The maximum atomic E-state index is 5.80. The predicted molar refractivity (Wildman–Crippen MR) is 77.3 cm³/mol. The highest BCUT2D eigenvalue weighted by Crippen LogP contribution is 2.19. The first-order chi connectivity index (χ1) is 8.75. The summed E-state index contributed by atoms with van der Waals surface area (Å²) in [4.78, 5) is 0. The van der Waals surface area contributed by atoms with E-state index in [-0.39, 0.29) is 6.10 Å². The van der Waals surface area contributed by atoms with Crippen LogP contribution in [0.15, 0.2) is 60.7 Å². The minimum Gasteiger partial charge on any atom is -0.370 e. The first-order valence-corrected chi connectivity index (χ1v) is 6.49. The summed E-state index contributed by atoms with van der Waals surface area (Å²) in [6, 6.07) is 10.4. The largest absolute Gasteiger partial charge is 0.370 e. The molecule has 94 valence electrons. The van der Waals surface area contributed by atoms with E-state index < -0.39 is 0 Å². The van der Waals surface area contributed by atoms with E-state index in [4.69, 9.17) is 4.74 Å². The van der Waals surface area contributed by atoms with Crippen LogP contribution >= 0.6 is 0 Å². The molecule has 0 spiro atoms. The Labute approximate surface area is 109 Å². The van der Waals surface area contributed by atoms with Crippen LogP contribution in [0.5, 0.6) is 0 Å². The number of allylic oxidation sites excluding steroid dienone is 4. The van der Waals surface area contributed by atoms with Crippen molar-refractivity contribution in [3.8, 4) is 0 Å². The lowest BCUT2D eigenvalue weighted by Crippen LogP contribution is -2.11. The van der Waals surface area contributed by atoms with Gasteiger partial charge in [-0.3, -0.25) is 0 Å². The zero-order valence-corrected chi connectivity index (χ0v) is 11.0. The lowest BCUT2D eigenvalue weighted by Gasteiger charge is -2.11. The molecule has 1 aromatic carbocycles. The smallest absolute Gasteiger partial charge is 0.0943 e. The van der Waals surface area contributed by atoms with Crippen molar-refractivity contribution in [2.45, 2.75) is 20.0 Å². The van der Waals surface area contributed by atoms with Crippen LogP contribution in [0, 0.1) is 5.92 Å². The summed E-state index contributed by atoms with van der Waals surface area (Å²) in [6.07, 6.45) is 10.6. The average molecular weight is 240 g/mol. The van der Waals surface area contributed by atoms with Crippen LogP contribution in [-0.4, -0.2) is 12.7 Å². The van der Waals surface area contributed by atoms with E-state index in [1.165, 1.54) is 11.1 Å². The van der Waals surface area contributed by atoms with Crippen molar-refractivity contribution in [2.24, 2.45) is 5.92 Å². The summed E-state index contributed by atoms with van der Waals surface area (Å²) in [7, 11) is 0. The van der Waals surface area contributed by atoms with Gasteiger partial charge in [-0.25, -0.2) is 0 Å². The molecule has 0 fully saturated rings. The van der Waals surface area contributed by atoms with Crippen molar-refractivity contribution in [3.63, 3.8) is 0 Å². The molecule has 1 nitrogen and oxygen atoms in total. The third kappa shape index (κ3) is 3.71. The molecule has 0 aromatic heterocycles. The molecule has 0 N–H and O–H groups in total. The second kappa shape index (κ2) is 6.36. The molecule has 0 saturated carbocycles. The molecule has 1 unspecified atom stereocenters. The van der Waals surface area contributed by atoms with Gasteiger partial charge in [0, 0.05) is 0 Å². The third-order valence-electron chi connectivity index (χ3n) is 2.77. The molecule has 1 aromatic rings. The van der Waals surface area contributed by atoms with Gasteiger partial charge in [-0.1, -0.05) is 74.6 Å². The fraction of sp³-hybridized carbons (Fsp3) is 0.294. The highest BCUT2D eigenvalue weighted by Gasteiger charge is 2.05. The van der Waals surface area contributed by atoms with Crippen molar-refractivity contribution in [1.82, 2.24) is 0 Å². The minimum atomic E-state index is 0.0878. The number of hydrogen-bond acceptors (Lipinski definition) is 1. The van der Waals surface area contributed by atoms with Crippen LogP contribution in [-0.2, 0) is 4.74 Å².